The van der Waals surface area contributed by atoms with Gasteiger partial charge in [0.15, 0.2) is 0 Å². The number of ketones is 1. The zero-order valence-electron chi connectivity index (χ0n) is 22.6. The Morgan fingerprint density at radius 3 is 2.58 bits per heavy atom. The number of aliphatic hydroxyl groups excluding tert-OH is 1. The van der Waals surface area contributed by atoms with Crippen LogP contribution >= 0.6 is 0 Å². The molecule has 5 heteroatoms. The lowest BCUT2D eigenvalue weighted by molar-refractivity contribution is -0.195. The molecule has 4 saturated carbocycles. The van der Waals surface area contributed by atoms with Crippen molar-refractivity contribution in [1.82, 2.24) is 4.98 Å². The van der Waals surface area contributed by atoms with Gasteiger partial charge in [0.1, 0.15) is 5.78 Å². The van der Waals surface area contributed by atoms with Gasteiger partial charge in [-0.05, 0) is 90.4 Å². The number of aromatic nitrogens is 1. The maximum Gasteiger partial charge on any atom is 0.135 e. The van der Waals surface area contributed by atoms with E-state index in [0.717, 1.165) is 36.8 Å². The van der Waals surface area contributed by atoms with E-state index in [4.69, 9.17) is 0 Å². The first-order valence-electron chi connectivity index (χ1n) is 14.5. The molecular formula is C33H41NO4. The van der Waals surface area contributed by atoms with Gasteiger partial charge in [0, 0.05) is 30.7 Å². The third-order valence-electron chi connectivity index (χ3n) is 11.4. The van der Waals surface area contributed by atoms with Crippen molar-refractivity contribution >= 4 is 5.78 Å². The lowest BCUT2D eigenvalue weighted by atomic mass is 9.43. The SMILES string of the molecule is C[C@@H]1C[C@@H]2[C@H]([C@@H](c3ccc(-c4cccnc4)cc3)C[C@@]3(C)[C@H]2CC[C@@]3(O)/C=C\CO)[C@H]2CCC(=O)C[C@]12O. The molecule has 38 heavy (non-hydrogen) atoms. The molecule has 4 aliphatic rings. The van der Waals surface area contributed by atoms with E-state index in [1.807, 2.05) is 18.3 Å². The third-order valence-corrected chi connectivity index (χ3v) is 11.4. The van der Waals surface area contributed by atoms with Crippen molar-refractivity contribution in [1.29, 1.82) is 0 Å². The maximum absolute atomic E-state index is 12.5. The first-order valence-corrected chi connectivity index (χ1v) is 14.5. The summed E-state index contributed by atoms with van der Waals surface area (Å²) in [5.74, 6) is 1.50. The highest BCUT2D eigenvalue weighted by Crippen LogP contribution is 2.69. The Labute approximate surface area is 226 Å². The van der Waals surface area contributed by atoms with Gasteiger partial charge in [-0.25, -0.2) is 0 Å². The van der Waals surface area contributed by atoms with Gasteiger partial charge in [-0.3, -0.25) is 9.78 Å². The largest absolute Gasteiger partial charge is 0.392 e. The number of fused-ring (bicyclic) bond motifs is 5. The van der Waals surface area contributed by atoms with Crippen LogP contribution in [0.1, 0.15) is 70.3 Å². The van der Waals surface area contributed by atoms with Crippen LogP contribution < -0.4 is 0 Å². The van der Waals surface area contributed by atoms with Crippen molar-refractivity contribution in [2.24, 2.45) is 35.0 Å². The summed E-state index contributed by atoms with van der Waals surface area (Å²) in [6.07, 6.45) is 12.2. The zero-order valence-corrected chi connectivity index (χ0v) is 22.6. The normalized spacial score (nSPS) is 42.5. The summed E-state index contributed by atoms with van der Waals surface area (Å²) >= 11 is 0. The van der Waals surface area contributed by atoms with E-state index in [2.05, 4.69) is 49.2 Å². The molecule has 1 aromatic heterocycles. The number of carbonyl (C=O) groups is 1. The standard InChI is InChI=1S/C33H41NO4/c1-21-17-26-28-12-14-32(37,13-4-16-35)31(28,2)19-27(30(26)29-11-10-25(36)18-33(21,29)38)23-8-6-22(7-9-23)24-5-3-15-34-20-24/h3-9,13,15,20-21,26-30,35,37-38H,10-12,14,16-19H2,1-2H3/b13-4-/t21-,26+,27-,28+,29-,30-,31+,32+,33+/m1/s1. The molecule has 1 heterocycles. The molecule has 0 aliphatic heterocycles. The van der Waals surface area contributed by atoms with Crippen LogP contribution in [0.25, 0.3) is 11.1 Å². The van der Waals surface area contributed by atoms with E-state index in [1.165, 1.54) is 5.56 Å². The average molecular weight is 516 g/mol. The predicted octanol–water partition coefficient (Wildman–Crippen LogP) is 5.30. The highest BCUT2D eigenvalue weighted by molar-refractivity contribution is 5.80. The first kappa shape index (κ1) is 25.9. The summed E-state index contributed by atoms with van der Waals surface area (Å²) < 4.78 is 0. The van der Waals surface area contributed by atoms with Crippen LogP contribution in [0.3, 0.4) is 0 Å². The van der Waals surface area contributed by atoms with Gasteiger partial charge in [0.2, 0.25) is 0 Å². The van der Waals surface area contributed by atoms with E-state index in [-0.39, 0.29) is 47.9 Å². The van der Waals surface area contributed by atoms with E-state index >= 15 is 0 Å². The van der Waals surface area contributed by atoms with Gasteiger partial charge < -0.3 is 15.3 Å². The van der Waals surface area contributed by atoms with Gasteiger partial charge in [0.25, 0.3) is 0 Å². The molecule has 6 rings (SSSR count). The molecule has 202 valence electrons. The average Bonchev–Trinajstić information content (AvgIpc) is 3.18. The lowest BCUT2D eigenvalue weighted by Gasteiger charge is -2.63. The fourth-order valence-corrected chi connectivity index (χ4v) is 9.47. The third kappa shape index (κ3) is 3.84. The number of hydrogen-bond acceptors (Lipinski definition) is 5. The number of hydrogen-bond donors (Lipinski definition) is 3. The van der Waals surface area contributed by atoms with Crippen LogP contribution in [0, 0.1) is 35.0 Å². The van der Waals surface area contributed by atoms with Crippen LogP contribution in [0.15, 0.2) is 60.9 Å². The summed E-state index contributed by atoms with van der Waals surface area (Å²) in [7, 11) is 0. The van der Waals surface area contributed by atoms with Crippen molar-refractivity contribution in [3.8, 4) is 11.1 Å². The summed E-state index contributed by atoms with van der Waals surface area (Å²) in [6, 6.07) is 12.8. The second kappa shape index (κ2) is 9.39. The molecule has 4 aliphatic carbocycles. The van der Waals surface area contributed by atoms with Gasteiger partial charge in [0.05, 0.1) is 17.8 Å². The topological polar surface area (TPSA) is 90.7 Å². The number of Topliss-reactive ketones (excluding diaryl/α,β-unsaturated/α-hetero) is 1. The maximum atomic E-state index is 12.5. The number of carbonyl (C=O) groups excluding carboxylic acids is 1. The molecular weight excluding hydrogens is 474 g/mol. The highest BCUT2D eigenvalue weighted by atomic mass is 16.3. The van der Waals surface area contributed by atoms with E-state index < -0.39 is 11.2 Å². The van der Waals surface area contributed by atoms with E-state index in [0.29, 0.717) is 24.7 Å². The van der Waals surface area contributed by atoms with Crippen molar-refractivity contribution in [2.45, 2.75) is 75.9 Å². The molecule has 0 spiro atoms. The number of aliphatic hydroxyl groups is 3. The van der Waals surface area contributed by atoms with Crippen molar-refractivity contribution in [3.63, 3.8) is 0 Å². The Hall–Kier alpha value is -2.34. The fourth-order valence-electron chi connectivity index (χ4n) is 9.47. The summed E-state index contributed by atoms with van der Waals surface area (Å²) in [6.45, 7) is 4.32. The summed E-state index contributed by atoms with van der Waals surface area (Å²) in [5.41, 5.74) is 1.23. The second-order valence-corrected chi connectivity index (χ2v) is 13.0. The Morgan fingerprint density at radius 2 is 1.87 bits per heavy atom. The molecule has 0 radical (unpaired) electrons. The quantitative estimate of drug-likeness (QED) is 0.481. The molecule has 1 aromatic carbocycles. The van der Waals surface area contributed by atoms with Gasteiger partial charge in [-0.15, -0.1) is 0 Å². The van der Waals surface area contributed by atoms with Crippen LogP contribution in [-0.2, 0) is 4.79 Å². The highest BCUT2D eigenvalue weighted by Gasteiger charge is 2.67. The molecule has 0 saturated heterocycles. The predicted molar refractivity (Wildman–Crippen MR) is 147 cm³/mol. The van der Waals surface area contributed by atoms with Crippen LogP contribution in [0.4, 0.5) is 0 Å². The van der Waals surface area contributed by atoms with Crippen molar-refractivity contribution < 1.29 is 20.1 Å². The van der Waals surface area contributed by atoms with E-state index in [1.54, 1.807) is 12.3 Å². The number of rotatable bonds is 4. The molecule has 4 fully saturated rings. The Bertz CT molecular complexity index is 1210. The molecule has 3 N–H and O–H groups in total. The van der Waals surface area contributed by atoms with Crippen molar-refractivity contribution in [2.75, 3.05) is 6.61 Å². The fraction of sp³-hybridized carbons (Fsp3) is 0.576. The Balaban J connectivity index is 1.44. The minimum Gasteiger partial charge on any atom is -0.392 e. The summed E-state index contributed by atoms with van der Waals surface area (Å²) in [4.78, 5) is 16.8. The Kier molecular flexibility index (Phi) is 6.40. The molecule has 0 unspecified atom stereocenters. The minimum absolute atomic E-state index is 0.0515. The number of nitrogens with zero attached hydrogens (tertiary/aromatic N) is 1. The number of pyridine rings is 1. The Morgan fingerprint density at radius 1 is 1.08 bits per heavy atom. The first-order chi connectivity index (χ1) is 18.2. The van der Waals surface area contributed by atoms with Gasteiger partial charge in [-0.2, -0.15) is 0 Å². The molecule has 0 amide bonds. The van der Waals surface area contributed by atoms with Gasteiger partial charge >= 0.3 is 0 Å². The van der Waals surface area contributed by atoms with Crippen LogP contribution in [-0.4, -0.2) is 43.9 Å². The second-order valence-electron chi connectivity index (χ2n) is 13.0. The van der Waals surface area contributed by atoms with Crippen LogP contribution in [0.2, 0.25) is 0 Å². The van der Waals surface area contributed by atoms with Crippen molar-refractivity contribution in [3.05, 3.63) is 66.5 Å². The molecule has 5 nitrogen and oxygen atoms in total. The van der Waals surface area contributed by atoms with E-state index in [9.17, 15) is 20.1 Å². The molecule has 2 aromatic rings. The zero-order chi connectivity index (χ0) is 26.7. The molecule has 9 atom stereocenters. The van der Waals surface area contributed by atoms with Crippen LogP contribution in [0.5, 0.6) is 0 Å². The smallest absolute Gasteiger partial charge is 0.135 e. The molecule has 0 bridgehead atoms. The number of benzene rings is 1. The monoisotopic (exact) mass is 515 g/mol. The minimum atomic E-state index is -0.960. The summed E-state index contributed by atoms with van der Waals surface area (Å²) in [5, 5.41) is 33.6. The lowest BCUT2D eigenvalue weighted by Crippen LogP contribution is -2.62. The van der Waals surface area contributed by atoms with Gasteiger partial charge in [-0.1, -0.05) is 56.3 Å².